The average Bonchev–Trinajstić information content (AvgIpc) is 2.29. The van der Waals surface area contributed by atoms with Crippen molar-refractivity contribution in [2.45, 2.75) is 19.8 Å². The van der Waals surface area contributed by atoms with Crippen LogP contribution >= 0.6 is 0 Å². The highest BCUT2D eigenvalue weighted by atomic mass is 16.5. The summed E-state index contributed by atoms with van der Waals surface area (Å²) in [5, 5.41) is 9.55. The van der Waals surface area contributed by atoms with Crippen LogP contribution in [0.3, 0.4) is 0 Å². The monoisotopic (exact) mass is 224 g/mol. The first-order valence-corrected chi connectivity index (χ1v) is 5.15. The zero-order chi connectivity index (χ0) is 12.0. The molecule has 0 saturated heterocycles. The summed E-state index contributed by atoms with van der Waals surface area (Å²) in [5.41, 5.74) is 2.08. The van der Waals surface area contributed by atoms with E-state index in [1.54, 1.807) is 6.07 Å². The van der Waals surface area contributed by atoms with Crippen molar-refractivity contribution < 1.29 is 14.6 Å². The maximum Gasteiger partial charge on any atom is 0.268 e. The molecule has 5 nitrogen and oxygen atoms in total. The minimum absolute atomic E-state index is 0.130. The second-order valence-corrected chi connectivity index (χ2v) is 3.35. The van der Waals surface area contributed by atoms with E-state index in [4.69, 9.17) is 10.6 Å². The van der Waals surface area contributed by atoms with E-state index in [9.17, 15) is 9.90 Å². The summed E-state index contributed by atoms with van der Waals surface area (Å²) in [5.74, 6) is 4.84. The minimum atomic E-state index is -0.530. The molecule has 16 heavy (non-hydrogen) atoms. The summed E-state index contributed by atoms with van der Waals surface area (Å²) in [7, 11) is 0. The number of carbonyl (C=O) groups is 1. The van der Waals surface area contributed by atoms with E-state index in [0.29, 0.717) is 12.4 Å². The van der Waals surface area contributed by atoms with Crippen molar-refractivity contribution in [1.29, 1.82) is 0 Å². The Morgan fingerprint density at radius 2 is 2.31 bits per heavy atom. The number of nitrogens with two attached hydrogens (primary N) is 1. The van der Waals surface area contributed by atoms with E-state index >= 15 is 0 Å². The predicted octanol–water partition coefficient (Wildman–Crippen LogP) is 1.17. The standard InChI is InChI=1S/C11H16N2O3/c1-2-3-6-16-8-4-5-9(10(14)7-8)11(15)13-12/h4-5,7,14H,2-3,6,12H2,1H3,(H,13,15). The van der Waals surface area contributed by atoms with Gasteiger partial charge in [0.05, 0.1) is 12.2 Å². The van der Waals surface area contributed by atoms with Gasteiger partial charge in [0.2, 0.25) is 0 Å². The number of rotatable bonds is 5. The molecule has 0 radical (unpaired) electrons. The fraction of sp³-hybridized carbons (Fsp3) is 0.364. The Balaban J connectivity index is 2.71. The molecule has 0 aliphatic rings. The van der Waals surface area contributed by atoms with Gasteiger partial charge in [0.1, 0.15) is 11.5 Å². The van der Waals surface area contributed by atoms with E-state index in [1.807, 2.05) is 5.43 Å². The first kappa shape index (κ1) is 12.3. The molecule has 0 saturated carbocycles. The zero-order valence-corrected chi connectivity index (χ0v) is 9.19. The quantitative estimate of drug-likeness (QED) is 0.303. The molecule has 0 fully saturated rings. The summed E-state index contributed by atoms with van der Waals surface area (Å²) in [4.78, 5) is 11.2. The van der Waals surface area contributed by atoms with Crippen LogP contribution in [0.15, 0.2) is 18.2 Å². The third kappa shape index (κ3) is 3.13. The summed E-state index contributed by atoms with van der Waals surface area (Å²) in [6, 6.07) is 4.50. The molecule has 1 aromatic carbocycles. The maximum absolute atomic E-state index is 11.2. The van der Waals surface area contributed by atoms with Gasteiger partial charge in [-0.2, -0.15) is 0 Å². The van der Waals surface area contributed by atoms with Crippen LogP contribution in [0.5, 0.6) is 11.5 Å². The second-order valence-electron chi connectivity index (χ2n) is 3.35. The van der Waals surface area contributed by atoms with Crippen LogP contribution < -0.4 is 16.0 Å². The molecule has 0 spiro atoms. The Hall–Kier alpha value is -1.75. The molecule has 5 heteroatoms. The van der Waals surface area contributed by atoms with E-state index in [-0.39, 0.29) is 11.3 Å². The summed E-state index contributed by atoms with van der Waals surface area (Å²) in [6.07, 6.45) is 1.99. The van der Waals surface area contributed by atoms with Crippen molar-refractivity contribution in [2.24, 2.45) is 5.84 Å². The molecule has 0 bridgehead atoms. The van der Waals surface area contributed by atoms with E-state index in [0.717, 1.165) is 12.8 Å². The first-order valence-electron chi connectivity index (χ1n) is 5.15. The van der Waals surface area contributed by atoms with Crippen molar-refractivity contribution in [3.8, 4) is 11.5 Å². The van der Waals surface area contributed by atoms with E-state index in [2.05, 4.69) is 6.92 Å². The molecular formula is C11H16N2O3. The lowest BCUT2D eigenvalue weighted by atomic mass is 10.2. The highest BCUT2D eigenvalue weighted by Crippen LogP contribution is 2.23. The second kappa shape index (κ2) is 5.97. The maximum atomic E-state index is 11.2. The summed E-state index contributed by atoms with van der Waals surface area (Å²) < 4.78 is 5.37. The molecule has 1 rings (SSSR count). The first-order chi connectivity index (χ1) is 7.69. The minimum Gasteiger partial charge on any atom is -0.507 e. The van der Waals surface area contributed by atoms with Gasteiger partial charge in [-0.05, 0) is 18.6 Å². The van der Waals surface area contributed by atoms with Crippen molar-refractivity contribution in [2.75, 3.05) is 6.61 Å². The number of unbranched alkanes of at least 4 members (excludes halogenated alkanes) is 1. The number of carbonyl (C=O) groups excluding carboxylic acids is 1. The topological polar surface area (TPSA) is 84.6 Å². The third-order valence-corrected chi connectivity index (χ3v) is 2.11. The Morgan fingerprint density at radius 1 is 1.56 bits per heavy atom. The van der Waals surface area contributed by atoms with Crippen molar-refractivity contribution in [3.63, 3.8) is 0 Å². The Morgan fingerprint density at radius 3 is 2.88 bits per heavy atom. The van der Waals surface area contributed by atoms with Gasteiger partial charge in [-0.1, -0.05) is 13.3 Å². The molecule has 0 aliphatic heterocycles. The van der Waals surface area contributed by atoms with Gasteiger partial charge >= 0.3 is 0 Å². The molecule has 0 heterocycles. The number of hydrazine groups is 1. The zero-order valence-electron chi connectivity index (χ0n) is 9.19. The third-order valence-electron chi connectivity index (χ3n) is 2.11. The van der Waals surface area contributed by atoms with Gasteiger partial charge in [0.15, 0.2) is 0 Å². The number of hydrogen-bond donors (Lipinski definition) is 3. The largest absolute Gasteiger partial charge is 0.507 e. The van der Waals surface area contributed by atoms with Crippen molar-refractivity contribution in [3.05, 3.63) is 23.8 Å². The van der Waals surface area contributed by atoms with Crippen LogP contribution in [0.2, 0.25) is 0 Å². The highest BCUT2D eigenvalue weighted by Gasteiger charge is 2.10. The number of phenols is 1. The fourth-order valence-corrected chi connectivity index (χ4v) is 1.21. The van der Waals surface area contributed by atoms with Crippen LogP contribution in [0, 0.1) is 0 Å². The Labute approximate surface area is 94.2 Å². The van der Waals surface area contributed by atoms with Crippen molar-refractivity contribution in [1.82, 2.24) is 5.43 Å². The number of hydrogen-bond acceptors (Lipinski definition) is 4. The van der Waals surface area contributed by atoms with Crippen LogP contribution in [0.4, 0.5) is 0 Å². The fourth-order valence-electron chi connectivity index (χ4n) is 1.21. The Bertz CT molecular complexity index is 366. The van der Waals surface area contributed by atoms with Gasteiger partial charge in [-0.3, -0.25) is 10.2 Å². The SMILES string of the molecule is CCCCOc1ccc(C(=O)NN)c(O)c1. The number of benzene rings is 1. The molecule has 0 aliphatic carbocycles. The lowest BCUT2D eigenvalue weighted by Crippen LogP contribution is -2.29. The molecule has 1 amide bonds. The van der Waals surface area contributed by atoms with Crippen molar-refractivity contribution >= 4 is 5.91 Å². The van der Waals surface area contributed by atoms with E-state index in [1.165, 1.54) is 12.1 Å². The molecule has 0 aromatic heterocycles. The van der Waals surface area contributed by atoms with E-state index < -0.39 is 5.91 Å². The van der Waals surface area contributed by atoms with Crippen LogP contribution in [-0.2, 0) is 0 Å². The van der Waals surface area contributed by atoms with Gasteiger partial charge in [-0.25, -0.2) is 5.84 Å². The van der Waals surface area contributed by atoms with Crippen LogP contribution in [-0.4, -0.2) is 17.6 Å². The number of aromatic hydroxyl groups is 1. The van der Waals surface area contributed by atoms with Crippen LogP contribution in [0.25, 0.3) is 0 Å². The molecule has 4 N–H and O–H groups in total. The lowest BCUT2D eigenvalue weighted by molar-refractivity contribution is 0.0951. The Kier molecular flexibility index (Phi) is 4.60. The van der Waals surface area contributed by atoms with Gasteiger partial charge in [-0.15, -0.1) is 0 Å². The number of amides is 1. The number of nitrogen functional groups attached to an aromatic ring is 1. The smallest absolute Gasteiger partial charge is 0.268 e. The van der Waals surface area contributed by atoms with Gasteiger partial charge in [0, 0.05) is 6.07 Å². The molecule has 1 aromatic rings. The van der Waals surface area contributed by atoms with Crippen LogP contribution in [0.1, 0.15) is 30.1 Å². The average molecular weight is 224 g/mol. The molecule has 88 valence electrons. The highest BCUT2D eigenvalue weighted by molar-refractivity contribution is 5.96. The van der Waals surface area contributed by atoms with Gasteiger partial charge < -0.3 is 9.84 Å². The normalized spacial score (nSPS) is 9.88. The number of phenolic OH excluding ortho intramolecular Hbond substituents is 1. The predicted molar refractivity (Wildman–Crippen MR) is 60.2 cm³/mol. The number of ether oxygens (including phenoxy) is 1. The summed E-state index contributed by atoms with van der Waals surface area (Å²) >= 11 is 0. The van der Waals surface area contributed by atoms with Gasteiger partial charge in [0.25, 0.3) is 5.91 Å². The molecule has 0 atom stereocenters. The molecular weight excluding hydrogens is 208 g/mol. The summed E-state index contributed by atoms with van der Waals surface area (Å²) in [6.45, 7) is 2.66. The lowest BCUT2D eigenvalue weighted by Gasteiger charge is -2.07. The number of nitrogens with one attached hydrogen (secondary N) is 1. The molecule has 0 unspecified atom stereocenters.